The molecule has 0 atom stereocenters. The molecule has 5 rings (SSSR count). The first-order chi connectivity index (χ1) is 16.5. The largest absolute Gasteiger partial charge is 0.355 e. The number of piperidine rings is 1. The molecular formula is C23H26ClN7O2S. The van der Waals surface area contributed by atoms with Gasteiger partial charge < -0.3 is 14.7 Å². The third-order valence-corrected chi connectivity index (χ3v) is 7.22. The molecule has 0 saturated carbocycles. The van der Waals surface area contributed by atoms with Gasteiger partial charge in [0.1, 0.15) is 5.69 Å². The van der Waals surface area contributed by atoms with Crippen LogP contribution in [0.3, 0.4) is 0 Å². The van der Waals surface area contributed by atoms with Gasteiger partial charge in [-0.2, -0.15) is 4.98 Å². The second kappa shape index (κ2) is 9.73. The highest BCUT2D eigenvalue weighted by atomic mass is 35.5. The lowest BCUT2D eigenvalue weighted by Crippen LogP contribution is -2.46. The molecule has 0 aromatic carbocycles. The van der Waals surface area contributed by atoms with Crippen molar-refractivity contribution in [3.05, 3.63) is 58.6 Å². The van der Waals surface area contributed by atoms with E-state index >= 15 is 0 Å². The number of hydrogen-bond donors (Lipinski definition) is 1. The predicted octanol–water partition coefficient (Wildman–Crippen LogP) is 4.09. The average Bonchev–Trinajstić information content (AvgIpc) is 3.61. The molecule has 0 spiro atoms. The number of nitrogens with zero attached hydrogens (tertiary/aromatic N) is 6. The monoisotopic (exact) mass is 499 g/mol. The van der Waals surface area contributed by atoms with Gasteiger partial charge in [0, 0.05) is 43.6 Å². The van der Waals surface area contributed by atoms with Crippen molar-refractivity contribution < 1.29 is 9.32 Å². The lowest BCUT2D eigenvalue weighted by Gasteiger charge is -2.34. The van der Waals surface area contributed by atoms with E-state index in [0.29, 0.717) is 34.3 Å². The fraction of sp³-hybridized carbons (Fsp3) is 0.391. The minimum absolute atomic E-state index is 0.125. The molecule has 4 aromatic heterocycles. The standard InChI is InChI=1S/C23H26ClN7O2S/c1-15(2)29-11-7-16(8-12-29)25-22(32)21-26-23(30-9-3-4-10-30)31(27-21)14-17-13-18(33-28-17)19-5-6-20(24)34-19/h3-6,9-10,13,15-16H,7-8,11-12,14H2,1-2H3,(H,25,32). The summed E-state index contributed by atoms with van der Waals surface area (Å²) in [6, 6.07) is 10.0. The van der Waals surface area contributed by atoms with E-state index in [1.807, 2.05) is 47.3 Å². The molecule has 1 N–H and O–H groups in total. The van der Waals surface area contributed by atoms with Gasteiger partial charge in [0.25, 0.3) is 5.91 Å². The van der Waals surface area contributed by atoms with Gasteiger partial charge in [-0.15, -0.1) is 16.4 Å². The molecule has 5 heterocycles. The first kappa shape index (κ1) is 22.8. The van der Waals surface area contributed by atoms with Crippen LogP contribution in [0.4, 0.5) is 0 Å². The van der Waals surface area contributed by atoms with E-state index in [0.717, 1.165) is 30.8 Å². The Kier molecular flexibility index (Phi) is 6.53. The van der Waals surface area contributed by atoms with Crippen molar-refractivity contribution in [2.75, 3.05) is 13.1 Å². The molecule has 0 radical (unpaired) electrons. The minimum Gasteiger partial charge on any atom is -0.355 e. The third kappa shape index (κ3) is 4.94. The summed E-state index contributed by atoms with van der Waals surface area (Å²) in [6.45, 7) is 6.66. The molecule has 0 bridgehead atoms. The molecule has 1 aliphatic heterocycles. The number of hydrogen-bond acceptors (Lipinski definition) is 7. The molecule has 9 nitrogen and oxygen atoms in total. The van der Waals surface area contributed by atoms with E-state index in [1.165, 1.54) is 11.3 Å². The summed E-state index contributed by atoms with van der Waals surface area (Å²) in [7, 11) is 0. The van der Waals surface area contributed by atoms with E-state index in [4.69, 9.17) is 16.1 Å². The summed E-state index contributed by atoms with van der Waals surface area (Å²) in [5.74, 6) is 1.06. The molecule has 4 aromatic rings. The molecule has 0 unspecified atom stereocenters. The maximum atomic E-state index is 13.0. The van der Waals surface area contributed by atoms with Gasteiger partial charge in [-0.05, 0) is 51.0 Å². The summed E-state index contributed by atoms with van der Waals surface area (Å²) in [5.41, 5.74) is 0.672. The summed E-state index contributed by atoms with van der Waals surface area (Å²) < 4.78 is 9.67. The van der Waals surface area contributed by atoms with Gasteiger partial charge in [0.05, 0.1) is 15.8 Å². The van der Waals surface area contributed by atoms with Gasteiger partial charge in [-0.3, -0.25) is 9.36 Å². The van der Waals surface area contributed by atoms with E-state index in [9.17, 15) is 4.79 Å². The number of nitrogens with one attached hydrogen (secondary N) is 1. The number of rotatable bonds is 7. The minimum atomic E-state index is -0.260. The van der Waals surface area contributed by atoms with E-state index in [2.05, 4.69) is 39.3 Å². The number of carbonyl (C=O) groups excluding carboxylic acids is 1. The fourth-order valence-corrected chi connectivity index (χ4v) is 5.10. The Bertz CT molecular complexity index is 1250. The Balaban J connectivity index is 1.33. The molecule has 1 amide bonds. The van der Waals surface area contributed by atoms with Gasteiger partial charge in [0.15, 0.2) is 5.76 Å². The quantitative estimate of drug-likeness (QED) is 0.411. The average molecular weight is 500 g/mol. The second-order valence-corrected chi connectivity index (χ2v) is 10.4. The van der Waals surface area contributed by atoms with Gasteiger partial charge in [0.2, 0.25) is 11.8 Å². The predicted molar refractivity (Wildman–Crippen MR) is 130 cm³/mol. The van der Waals surface area contributed by atoms with Crippen molar-refractivity contribution in [3.8, 4) is 16.6 Å². The van der Waals surface area contributed by atoms with Crippen LogP contribution in [0.5, 0.6) is 0 Å². The molecule has 1 fully saturated rings. The maximum Gasteiger partial charge on any atom is 0.291 e. The van der Waals surface area contributed by atoms with Crippen molar-refractivity contribution in [1.82, 2.24) is 34.7 Å². The van der Waals surface area contributed by atoms with Crippen molar-refractivity contribution in [2.45, 2.75) is 45.3 Å². The topological polar surface area (TPSA) is 94.0 Å². The van der Waals surface area contributed by atoms with Crippen molar-refractivity contribution in [2.24, 2.45) is 0 Å². The van der Waals surface area contributed by atoms with Crippen molar-refractivity contribution >= 4 is 28.8 Å². The van der Waals surface area contributed by atoms with E-state index in [1.54, 1.807) is 4.68 Å². The number of aromatic nitrogens is 5. The molecule has 178 valence electrons. The summed E-state index contributed by atoms with van der Waals surface area (Å²) >= 11 is 7.46. The zero-order chi connectivity index (χ0) is 23.7. The highest BCUT2D eigenvalue weighted by molar-refractivity contribution is 7.19. The lowest BCUT2D eigenvalue weighted by molar-refractivity contribution is 0.0890. The van der Waals surface area contributed by atoms with Crippen LogP contribution in [0.2, 0.25) is 4.34 Å². The van der Waals surface area contributed by atoms with Crippen LogP contribution >= 0.6 is 22.9 Å². The number of amides is 1. The van der Waals surface area contributed by atoms with Crippen LogP contribution in [0, 0.1) is 0 Å². The van der Waals surface area contributed by atoms with Gasteiger partial charge in [-0.1, -0.05) is 16.8 Å². The molecule has 0 aliphatic carbocycles. The Morgan fingerprint density at radius 1 is 1.26 bits per heavy atom. The van der Waals surface area contributed by atoms with Crippen LogP contribution < -0.4 is 5.32 Å². The summed E-state index contributed by atoms with van der Waals surface area (Å²) in [5, 5.41) is 11.8. The fourth-order valence-electron chi connectivity index (χ4n) is 4.11. The smallest absolute Gasteiger partial charge is 0.291 e. The number of carbonyl (C=O) groups is 1. The lowest BCUT2D eigenvalue weighted by atomic mass is 10.0. The number of halogens is 1. The zero-order valence-corrected chi connectivity index (χ0v) is 20.6. The van der Waals surface area contributed by atoms with Crippen LogP contribution in [0.15, 0.2) is 47.2 Å². The summed E-state index contributed by atoms with van der Waals surface area (Å²) in [6.07, 6.45) is 5.57. The highest BCUT2D eigenvalue weighted by Crippen LogP contribution is 2.31. The van der Waals surface area contributed by atoms with Crippen molar-refractivity contribution in [3.63, 3.8) is 0 Å². The first-order valence-corrected chi connectivity index (χ1v) is 12.5. The number of thiophene rings is 1. The molecule has 1 saturated heterocycles. The SMILES string of the molecule is CC(C)N1CCC(NC(=O)c2nc(-n3cccc3)n(Cc3cc(-c4ccc(Cl)s4)on3)n2)CC1. The van der Waals surface area contributed by atoms with Crippen LogP contribution in [-0.2, 0) is 6.54 Å². The van der Waals surface area contributed by atoms with E-state index in [-0.39, 0.29) is 17.8 Å². The third-order valence-electron chi connectivity index (χ3n) is 5.97. The normalized spacial score (nSPS) is 15.3. The van der Waals surface area contributed by atoms with Gasteiger partial charge >= 0.3 is 0 Å². The summed E-state index contributed by atoms with van der Waals surface area (Å²) in [4.78, 5) is 20.9. The Morgan fingerprint density at radius 2 is 2.03 bits per heavy atom. The molecule has 34 heavy (non-hydrogen) atoms. The van der Waals surface area contributed by atoms with Crippen LogP contribution in [0.1, 0.15) is 43.0 Å². The molecule has 11 heteroatoms. The van der Waals surface area contributed by atoms with Crippen LogP contribution in [0.25, 0.3) is 16.6 Å². The zero-order valence-electron chi connectivity index (χ0n) is 19.0. The second-order valence-electron chi connectivity index (χ2n) is 8.65. The molecular weight excluding hydrogens is 474 g/mol. The highest BCUT2D eigenvalue weighted by Gasteiger charge is 2.25. The Morgan fingerprint density at radius 3 is 2.71 bits per heavy atom. The Labute approximate surface area is 206 Å². The molecule has 1 aliphatic rings. The van der Waals surface area contributed by atoms with Crippen LogP contribution in [-0.4, -0.2) is 60.5 Å². The van der Waals surface area contributed by atoms with Gasteiger partial charge in [-0.25, -0.2) is 4.68 Å². The Hall–Kier alpha value is -2.95. The first-order valence-electron chi connectivity index (χ1n) is 11.3. The van der Waals surface area contributed by atoms with Crippen molar-refractivity contribution in [1.29, 1.82) is 0 Å². The maximum absolute atomic E-state index is 13.0. The number of likely N-dealkylation sites (tertiary alicyclic amines) is 1. The van der Waals surface area contributed by atoms with E-state index < -0.39 is 0 Å².